The van der Waals surface area contributed by atoms with Gasteiger partial charge in [-0.25, -0.2) is 8.42 Å². The maximum Gasteiger partial charge on any atom is 0.150 e. The van der Waals surface area contributed by atoms with Gasteiger partial charge >= 0.3 is 0 Å². The lowest BCUT2D eigenvalue weighted by Crippen LogP contribution is -2.25. The van der Waals surface area contributed by atoms with Crippen LogP contribution in [0.1, 0.15) is 36.8 Å². The van der Waals surface area contributed by atoms with Crippen LogP contribution in [0.15, 0.2) is 24.3 Å². The van der Waals surface area contributed by atoms with Gasteiger partial charge in [0.2, 0.25) is 0 Å². The lowest BCUT2D eigenvalue weighted by atomic mass is 9.74. The molecule has 1 unspecified atom stereocenters. The van der Waals surface area contributed by atoms with Crippen molar-refractivity contribution in [3.05, 3.63) is 35.4 Å². The van der Waals surface area contributed by atoms with Crippen LogP contribution in [-0.2, 0) is 21.1 Å². The van der Waals surface area contributed by atoms with Crippen molar-refractivity contribution in [2.75, 3.05) is 11.5 Å². The van der Waals surface area contributed by atoms with Gasteiger partial charge < -0.3 is 0 Å². The Morgan fingerprint density at radius 2 is 2.06 bits per heavy atom. The van der Waals surface area contributed by atoms with E-state index in [-0.39, 0.29) is 23.2 Å². The van der Waals surface area contributed by atoms with Gasteiger partial charge in [0, 0.05) is 18.1 Å². The second-order valence-electron chi connectivity index (χ2n) is 4.76. The summed E-state index contributed by atoms with van der Waals surface area (Å²) in [6, 6.07) is 7.96. The summed E-state index contributed by atoms with van der Waals surface area (Å²) in [4.78, 5) is 12.0. The average molecular weight is 266 g/mol. The van der Waals surface area contributed by atoms with Gasteiger partial charge in [-0.1, -0.05) is 31.2 Å². The summed E-state index contributed by atoms with van der Waals surface area (Å²) >= 11 is 0. The van der Waals surface area contributed by atoms with E-state index in [1.165, 1.54) is 5.56 Å². The van der Waals surface area contributed by atoms with Crippen LogP contribution in [-0.4, -0.2) is 25.7 Å². The van der Waals surface area contributed by atoms with Gasteiger partial charge in [0.1, 0.15) is 15.6 Å². The number of ketones is 1. The summed E-state index contributed by atoms with van der Waals surface area (Å²) in [6.45, 7) is 1.64. The largest absolute Gasteiger partial charge is 0.299 e. The number of rotatable bonds is 6. The Bertz CT molecular complexity index is 546. The molecule has 0 bridgehead atoms. The number of fused-ring (bicyclic) bond motifs is 1. The summed E-state index contributed by atoms with van der Waals surface area (Å²) < 4.78 is 22.6. The fourth-order valence-electron chi connectivity index (χ4n) is 2.33. The van der Waals surface area contributed by atoms with Crippen molar-refractivity contribution in [1.82, 2.24) is 0 Å². The number of carbonyl (C=O) groups is 1. The van der Waals surface area contributed by atoms with Crippen LogP contribution in [0.25, 0.3) is 0 Å². The highest BCUT2D eigenvalue weighted by atomic mass is 32.2. The number of hydrogen-bond acceptors (Lipinski definition) is 3. The fourth-order valence-corrected chi connectivity index (χ4v) is 3.20. The van der Waals surface area contributed by atoms with Gasteiger partial charge in [-0.3, -0.25) is 4.79 Å². The Labute approximate surface area is 108 Å². The zero-order chi connectivity index (χ0) is 13.2. The van der Waals surface area contributed by atoms with E-state index in [4.69, 9.17) is 0 Å². The molecule has 0 radical (unpaired) electrons. The van der Waals surface area contributed by atoms with Gasteiger partial charge in [-0.05, 0) is 24.0 Å². The molecule has 0 spiro atoms. The quantitative estimate of drug-likeness (QED) is 0.792. The SMILES string of the molecule is CCS(=O)(=O)CCCC(=O)C1Cc2ccccc21. The van der Waals surface area contributed by atoms with Gasteiger partial charge in [0.15, 0.2) is 0 Å². The van der Waals surface area contributed by atoms with Crippen molar-refractivity contribution in [2.45, 2.75) is 32.1 Å². The van der Waals surface area contributed by atoms with E-state index in [2.05, 4.69) is 0 Å². The van der Waals surface area contributed by atoms with Crippen molar-refractivity contribution in [3.63, 3.8) is 0 Å². The average Bonchev–Trinajstić information content (AvgIpc) is 2.30. The molecular formula is C14H18O3S. The summed E-state index contributed by atoms with van der Waals surface area (Å²) in [5, 5.41) is 0. The van der Waals surface area contributed by atoms with Crippen LogP contribution in [0.4, 0.5) is 0 Å². The minimum atomic E-state index is -2.94. The van der Waals surface area contributed by atoms with Crippen molar-refractivity contribution in [1.29, 1.82) is 0 Å². The molecule has 0 saturated heterocycles. The molecule has 4 heteroatoms. The number of sulfone groups is 1. The Kier molecular flexibility index (Phi) is 3.85. The number of Topliss-reactive ketones (excluding diaryl/α,β-unsaturated/α-hetero) is 1. The first kappa shape index (κ1) is 13.3. The van der Waals surface area contributed by atoms with E-state index in [0.29, 0.717) is 12.8 Å². The van der Waals surface area contributed by atoms with Crippen LogP contribution in [0.5, 0.6) is 0 Å². The van der Waals surface area contributed by atoms with Gasteiger partial charge in [0.25, 0.3) is 0 Å². The van der Waals surface area contributed by atoms with Gasteiger partial charge in [-0.15, -0.1) is 0 Å². The molecule has 98 valence electrons. The molecule has 3 nitrogen and oxygen atoms in total. The van der Waals surface area contributed by atoms with E-state index in [1.807, 2.05) is 24.3 Å². The number of benzene rings is 1. The predicted octanol–water partition coefficient (Wildman–Crippen LogP) is 2.11. The lowest BCUT2D eigenvalue weighted by molar-refractivity contribution is -0.121. The fraction of sp³-hybridized carbons (Fsp3) is 0.500. The third kappa shape index (κ3) is 2.80. The minimum Gasteiger partial charge on any atom is -0.299 e. The molecule has 0 heterocycles. The molecule has 0 aliphatic heterocycles. The second kappa shape index (κ2) is 5.22. The van der Waals surface area contributed by atoms with Crippen molar-refractivity contribution >= 4 is 15.6 Å². The highest BCUT2D eigenvalue weighted by Crippen LogP contribution is 2.36. The summed E-state index contributed by atoms with van der Waals surface area (Å²) in [6.07, 6.45) is 1.64. The van der Waals surface area contributed by atoms with Crippen molar-refractivity contribution in [2.24, 2.45) is 0 Å². The van der Waals surface area contributed by atoms with Crippen molar-refractivity contribution in [3.8, 4) is 0 Å². The topological polar surface area (TPSA) is 51.2 Å². The van der Waals surface area contributed by atoms with E-state index in [0.717, 1.165) is 12.0 Å². The highest BCUT2D eigenvalue weighted by Gasteiger charge is 2.30. The lowest BCUT2D eigenvalue weighted by Gasteiger charge is -2.28. The highest BCUT2D eigenvalue weighted by molar-refractivity contribution is 7.91. The van der Waals surface area contributed by atoms with Crippen LogP contribution in [0, 0.1) is 0 Å². The van der Waals surface area contributed by atoms with Gasteiger partial charge in [-0.2, -0.15) is 0 Å². The second-order valence-corrected chi connectivity index (χ2v) is 7.23. The maximum atomic E-state index is 12.0. The third-order valence-corrected chi connectivity index (χ3v) is 5.35. The minimum absolute atomic E-state index is 0.00512. The molecule has 0 saturated carbocycles. The first-order valence-corrected chi connectivity index (χ1v) is 8.16. The molecule has 1 aliphatic rings. The molecule has 1 aliphatic carbocycles. The molecule has 2 rings (SSSR count). The number of carbonyl (C=O) groups excluding carboxylic acids is 1. The zero-order valence-corrected chi connectivity index (χ0v) is 11.4. The Morgan fingerprint density at radius 1 is 1.33 bits per heavy atom. The standard InChI is InChI=1S/C14H18O3S/c1-2-18(16,17)9-5-8-14(15)13-10-11-6-3-4-7-12(11)13/h3-4,6-7,13H,2,5,8-10H2,1H3. The molecule has 18 heavy (non-hydrogen) atoms. The van der Waals surface area contributed by atoms with E-state index >= 15 is 0 Å². The summed E-state index contributed by atoms with van der Waals surface area (Å²) in [5.41, 5.74) is 2.37. The molecular weight excluding hydrogens is 248 g/mol. The van der Waals surface area contributed by atoms with E-state index in [1.54, 1.807) is 6.92 Å². The normalized spacial score (nSPS) is 17.9. The van der Waals surface area contributed by atoms with E-state index in [9.17, 15) is 13.2 Å². The molecule has 1 aromatic carbocycles. The first-order valence-electron chi connectivity index (χ1n) is 6.34. The zero-order valence-electron chi connectivity index (χ0n) is 10.6. The Hall–Kier alpha value is -1.16. The molecule has 0 fully saturated rings. The molecule has 1 atom stereocenters. The Balaban J connectivity index is 1.85. The molecule has 0 N–H and O–H groups in total. The summed E-state index contributed by atoms with van der Waals surface area (Å²) in [7, 11) is -2.94. The number of hydrogen-bond donors (Lipinski definition) is 0. The summed E-state index contributed by atoms with van der Waals surface area (Å²) in [5.74, 6) is 0.474. The van der Waals surface area contributed by atoms with Crippen LogP contribution >= 0.6 is 0 Å². The molecule has 1 aromatic rings. The van der Waals surface area contributed by atoms with Crippen LogP contribution < -0.4 is 0 Å². The predicted molar refractivity (Wildman–Crippen MR) is 71.5 cm³/mol. The van der Waals surface area contributed by atoms with E-state index < -0.39 is 9.84 Å². The van der Waals surface area contributed by atoms with Crippen LogP contribution in [0.2, 0.25) is 0 Å². The Morgan fingerprint density at radius 3 is 2.72 bits per heavy atom. The maximum absolute atomic E-state index is 12.0. The van der Waals surface area contributed by atoms with Crippen molar-refractivity contribution < 1.29 is 13.2 Å². The monoisotopic (exact) mass is 266 g/mol. The third-order valence-electron chi connectivity index (χ3n) is 3.56. The molecule has 0 aromatic heterocycles. The first-order chi connectivity index (χ1) is 8.53. The van der Waals surface area contributed by atoms with Gasteiger partial charge in [0.05, 0.1) is 5.75 Å². The molecule has 0 amide bonds. The van der Waals surface area contributed by atoms with Crippen LogP contribution in [0.3, 0.4) is 0 Å². The smallest absolute Gasteiger partial charge is 0.150 e.